The average molecular weight is 278 g/mol. The number of rotatable bonds is 8. The second-order valence-electron chi connectivity index (χ2n) is 4.99. The molecule has 0 aromatic heterocycles. The SMILES string of the molecule is CCCCc1cc(C(=O)O)c(CCCC)c(C(=O)O)c1. The molecule has 0 aliphatic heterocycles. The van der Waals surface area contributed by atoms with Gasteiger partial charge in [0.05, 0.1) is 11.1 Å². The summed E-state index contributed by atoms with van der Waals surface area (Å²) in [7, 11) is 0. The number of aryl methyl sites for hydroxylation is 1. The van der Waals surface area contributed by atoms with Crippen LogP contribution in [-0.2, 0) is 12.8 Å². The van der Waals surface area contributed by atoms with Crippen LogP contribution in [0.5, 0.6) is 0 Å². The fourth-order valence-electron chi connectivity index (χ4n) is 2.26. The third-order valence-corrected chi connectivity index (χ3v) is 3.37. The molecular formula is C16H22O4. The van der Waals surface area contributed by atoms with Gasteiger partial charge >= 0.3 is 11.9 Å². The van der Waals surface area contributed by atoms with Crippen molar-refractivity contribution in [1.82, 2.24) is 0 Å². The van der Waals surface area contributed by atoms with Crippen LogP contribution in [0.15, 0.2) is 12.1 Å². The highest BCUT2D eigenvalue weighted by Gasteiger charge is 2.19. The molecule has 0 amide bonds. The van der Waals surface area contributed by atoms with Crippen LogP contribution in [0, 0.1) is 0 Å². The molecule has 1 aromatic carbocycles. The summed E-state index contributed by atoms with van der Waals surface area (Å²) in [5, 5.41) is 18.7. The summed E-state index contributed by atoms with van der Waals surface area (Å²) in [5.74, 6) is -2.09. The van der Waals surface area contributed by atoms with E-state index in [9.17, 15) is 19.8 Å². The molecule has 0 aliphatic rings. The van der Waals surface area contributed by atoms with Crippen molar-refractivity contribution >= 4 is 11.9 Å². The van der Waals surface area contributed by atoms with E-state index in [2.05, 4.69) is 0 Å². The van der Waals surface area contributed by atoms with Crippen molar-refractivity contribution in [2.75, 3.05) is 0 Å². The van der Waals surface area contributed by atoms with Gasteiger partial charge in [0.2, 0.25) is 0 Å². The van der Waals surface area contributed by atoms with Crippen molar-refractivity contribution < 1.29 is 19.8 Å². The van der Waals surface area contributed by atoms with E-state index in [0.29, 0.717) is 18.4 Å². The molecule has 0 saturated carbocycles. The topological polar surface area (TPSA) is 74.6 Å². The van der Waals surface area contributed by atoms with E-state index >= 15 is 0 Å². The van der Waals surface area contributed by atoms with E-state index in [-0.39, 0.29) is 11.1 Å². The molecule has 1 aromatic rings. The summed E-state index contributed by atoms with van der Waals surface area (Å²) in [6.07, 6.45) is 4.80. The molecule has 0 spiro atoms. The van der Waals surface area contributed by atoms with Gasteiger partial charge in [0.25, 0.3) is 0 Å². The first kappa shape index (κ1) is 16.2. The van der Waals surface area contributed by atoms with Gasteiger partial charge < -0.3 is 10.2 Å². The predicted octanol–water partition coefficient (Wildman–Crippen LogP) is 3.77. The van der Waals surface area contributed by atoms with Crippen molar-refractivity contribution in [2.24, 2.45) is 0 Å². The van der Waals surface area contributed by atoms with Gasteiger partial charge in [-0.3, -0.25) is 0 Å². The maximum Gasteiger partial charge on any atom is 0.335 e. The lowest BCUT2D eigenvalue weighted by atomic mass is 9.92. The fourth-order valence-corrected chi connectivity index (χ4v) is 2.26. The number of aromatic carboxylic acids is 2. The van der Waals surface area contributed by atoms with E-state index in [1.807, 2.05) is 13.8 Å². The predicted molar refractivity (Wildman–Crippen MR) is 77.6 cm³/mol. The van der Waals surface area contributed by atoms with Crippen LogP contribution >= 0.6 is 0 Å². The van der Waals surface area contributed by atoms with E-state index in [1.54, 1.807) is 12.1 Å². The molecule has 4 nitrogen and oxygen atoms in total. The second kappa shape index (κ2) is 7.68. The molecule has 0 saturated heterocycles. The Morgan fingerprint density at radius 1 is 0.900 bits per heavy atom. The van der Waals surface area contributed by atoms with Crippen molar-refractivity contribution in [2.45, 2.75) is 52.4 Å². The molecule has 0 aliphatic carbocycles. The molecule has 2 N–H and O–H groups in total. The third-order valence-electron chi connectivity index (χ3n) is 3.37. The minimum Gasteiger partial charge on any atom is -0.478 e. The number of hydrogen-bond acceptors (Lipinski definition) is 2. The van der Waals surface area contributed by atoms with Gasteiger partial charge in [0.15, 0.2) is 0 Å². The molecule has 0 bridgehead atoms. The zero-order valence-corrected chi connectivity index (χ0v) is 12.1. The Hall–Kier alpha value is -1.84. The molecule has 1 rings (SSSR count). The molecule has 4 heteroatoms. The van der Waals surface area contributed by atoms with Crippen LogP contribution < -0.4 is 0 Å². The molecule has 0 fully saturated rings. The average Bonchev–Trinajstić information content (AvgIpc) is 2.42. The van der Waals surface area contributed by atoms with Crippen LogP contribution in [0.25, 0.3) is 0 Å². The minimum atomic E-state index is -1.04. The molecule has 0 heterocycles. The second-order valence-corrected chi connectivity index (χ2v) is 4.99. The summed E-state index contributed by atoms with van der Waals surface area (Å²) in [6.45, 7) is 4.04. The van der Waals surface area contributed by atoms with E-state index in [1.165, 1.54) is 0 Å². The summed E-state index contributed by atoms with van der Waals surface area (Å²) in [4.78, 5) is 22.8. The maximum absolute atomic E-state index is 11.4. The minimum absolute atomic E-state index is 0.143. The summed E-state index contributed by atoms with van der Waals surface area (Å²) in [6, 6.07) is 3.27. The fraction of sp³-hybridized carbons (Fsp3) is 0.500. The Labute approximate surface area is 119 Å². The number of carboxylic acids is 2. The lowest BCUT2D eigenvalue weighted by Crippen LogP contribution is -2.11. The van der Waals surface area contributed by atoms with Crippen LogP contribution in [0.2, 0.25) is 0 Å². The zero-order chi connectivity index (χ0) is 15.1. The number of hydrogen-bond donors (Lipinski definition) is 2. The van der Waals surface area contributed by atoms with Gasteiger partial charge in [0, 0.05) is 0 Å². The first-order valence-electron chi connectivity index (χ1n) is 7.13. The van der Waals surface area contributed by atoms with Crippen molar-refractivity contribution in [3.8, 4) is 0 Å². The van der Waals surface area contributed by atoms with Crippen LogP contribution in [-0.4, -0.2) is 22.2 Å². The molecule has 110 valence electrons. The summed E-state index contributed by atoms with van der Waals surface area (Å²) >= 11 is 0. The Morgan fingerprint density at radius 2 is 1.35 bits per heavy atom. The molecule has 0 unspecified atom stereocenters. The number of benzene rings is 1. The van der Waals surface area contributed by atoms with E-state index < -0.39 is 11.9 Å². The van der Waals surface area contributed by atoms with Crippen molar-refractivity contribution in [3.05, 3.63) is 34.4 Å². The molecule has 20 heavy (non-hydrogen) atoms. The van der Waals surface area contributed by atoms with Gasteiger partial charge in [0.1, 0.15) is 0 Å². The number of carbonyl (C=O) groups is 2. The zero-order valence-electron chi connectivity index (χ0n) is 12.1. The van der Waals surface area contributed by atoms with Crippen LogP contribution in [0.3, 0.4) is 0 Å². The number of carboxylic acid groups (broad SMARTS) is 2. The van der Waals surface area contributed by atoms with E-state index in [0.717, 1.165) is 31.2 Å². The van der Waals surface area contributed by atoms with E-state index in [4.69, 9.17) is 0 Å². The first-order valence-corrected chi connectivity index (χ1v) is 7.13. The van der Waals surface area contributed by atoms with Crippen molar-refractivity contribution in [3.63, 3.8) is 0 Å². The smallest absolute Gasteiger partial charge is 0.335 e. The standard InChI is InChI=1S/C16H22O4/c1-3-5-7-11-9-13(15(17)18)12(8-6-4-2)14(10-11)16(19)20/h9-10H,3-8H2,1-2H3,(H,17,18)(H,19,20). The Morgan fingerprint density at radius 3 is 1.75 bits per heavy atom. The Kier molecular flexibility index (Phi) is 6.22. The van der Waals surface area contributed by atoms with Crippen molar-refractivity contribution in [1.29, 1.82) is 0 Å². The first-order chi connectivity index (χ1) is 9.51. The maximum atomic E-state index is 11.4. The quantitative estimate of drug-likeness (QED) is 0.759. The highest BCUT2D eigenvalue weighted by Crippen LogP contribution is 2.22. The molecule has 0 radical (unpaired) electrons. The lowest BCUT2D eigenvalue weighted by molar-refractivity contribution is 0.0695. The monoisotopic (exact) mass is 278 g/mol. The summed E-state index contributed by atoms with van der Waals surface area (Å²) in [5.41, 5.74) is 1.53. The third kappa shape index (κ3) is 4.08. The van der Waals surface area contributed by atoms with Gasteiger partial charge in [-0.1, -0.05) is 26.7 Å². The largest absolute Gasteiger partial charge is 0.478 e. The lowest BCUT2D eigenvalue weighted by Gasteiger charge is -2.12. The number of unbranched alkanes of at least 4 members (excludes halogenated alkanes) is 2. The summed E-state index contributed by atoms with van der Waals surface area (Å²) < 4.78 is 0. The normalized spacial score (nSPS) is 10.5. The van der Waals surface area contributed by atoms with Gasteiger partial charge in [-0.15, -0.1) is 0 Å². The highest BCUT2D eigenvalue weighted by molar-refractivity contribution is 5.97. The van der Waals surface area contributed by atoms with Crippen LogP contribution in [0.1, 0.15) is 71.4 Å². The van der Waals surface area contributed by atoms with Gasteiger partial charge in [-0.05, 0) is 48.9 Å². The molecular weight excluding hydrogens is 256 g/mol. The Balaban J connectivity index is 3.30. The van der Waals surface area contributed by atoms with Gasteiger partial charge in [-0.2, -0.15) is 0 Å². The Bertz CT molecular complexity index is 456. The molecule has 0 atom stereocenters. The van der Waals surface area contributed by atoms with Crippen LogP contribution in [0.4, 0.5) is 0 Å². The van der Waals surface area contributed by atoms with Gasteiger partial charge in [-0.25, -0.2) is 9.59 Å². The highest BCUT2D eigenvalue weighted by atomic mass is 16.4.